The van der Waals surface area contributed by atoms with Crippen LogP contribution in [0.3, 0.4) is 0 Å². The predicted molar refractivity (Wildman–Crippen MR) is 67.9 cm³/mol. The zero-order chi connectivity index (χ0) is 12.7. The van der Waals surface area contributed by atoms with Crippen molar-refractivity contribution in [2.24, 2.45) is 0 Å². The van der Waals surface area contributed by atoms with Gasteiger partial charge in [0, 0.05) is 24.2 Å². The van der Waals surface area contributed by atoms with Crippen LogP contribution in [0.25, 0.3) is 0 Å². The molecule has 17 heavy (non-hydrogen) atoms. The molecule has 0 spiro atoms. The summed E-state index contributed by atoms with van der Waals surface area (Å²) in [5.41, 5.74) is 0. The minimum absolute atomic E-state index is 0.0354. The van der Waals surface area contributed by atoms with Crippen molar-refractivity contribution in [1.82, 2.24) is 5.32 Å². The molecule has 0 aliphatic heterocycles. The first-order valence-corrected chi connectivity index (χ1v) is 5.96. The summed E-state index contributed by atoms with van der Waals surface area (Å²) >= 11 is 11.7. The molecule has 0 aliphatic rings. The largest absolute Gasteiger partial charge is 0.489 e. The summed E-state index contributed by atoms with van der Waals surface area (Å²) in [6.07, 6.45) is -0.670. The zero-order valence-electron chi connectivity index (χ0n) is 9.20. The van der Waals surface area contributed by atoms with E-state index in [1.807, 2.05) is 0 Å². The average Bonchev–Trinajstić information content (AvgIpc) is 2.31. The topological polar surface area (TPSA) is 61.7 Å². The van der Waals surface area contributed by atoms with Crippen molar-refractivity contribution in [3.63, 3.8) is 0 Å². The summed E-state index contributed by atoms with van der Waals surface area (Å²) in [5, 5.41) is 21.9. The standard InChI is InChI=1S/C11H15Cl2NO3/c12-8-1-2-10(13)11(5-8)17-7-9(16)6-14-3-4-15/h1-2,5,9,14-16H,3-4,6-7H2. The third kappa shape index (κ3) is 5.57. The molecule has 1 atom stereocenters. The van der Waals surface area contributed by atoms with Crippen LogP contribution in [0.1, 0.15) is 0 Å². The first-order valence-electron chi connectivity index (χ1n) is 5.21. The van der Waals surface area contributed by atoms with Crippen LogP contribution < -0.4 is 10.1 Å². The number of aliphatic hydroxyl groups excluding tert-OH is 2. The third-order valence-corrected chi connectivity index (χ3v) is 2.54. The molecule has 1 aromatic carbocycles. The van der Waals surface area contributed by atoms with Crippen LogP contribution in [-0.2, 0) is 0 Å². The minimum Gasteiger partial charge on any atom is -0.489 e. The number of rotatable bonds is 7. The second-order valence-electron chi connectivity index (χ2n) is 3.47. The normalized spacial score (nSPS) is 12.5. The lowest BCUT2D eigenvalue weighted by Crippen LogP contribution is -2.32. The van der Waals surface area contributed by atoms with Crippen LogP contribution in [0.5, 0.6) is 5.75 Å². The molecule has 0 saturated heterocycles. The first-order chi connectivity index (χ1) is 8.13. The van der Waals surface area contributed by atoms with Gasteiger partial charge in [0.05, 0.1) is 11.6 Å². The molecule has 3 N–H and O–H groups in total. The Bertz CT molecular complexity index is 349. The van der Waals surface area contributed by atoms with Gasteiger partial charge in [0.1, 0.15) is 18.5 Å². The Balaban J connectivity index is 2.36. The van der Waals surface area contributed by atoms with Crippen LogP contribution in [-0.4, -0.2) is 42.6 Å². The van der Waals surface area contributed by atoms with Gasteiger partial charge >= 0.3 is 0 Å². The van der Waals surface area contributed by atoms with Crippen molar-refractivity contribution in [2.75, 3.05) is 26.3 Å². The lowest BCUT2D eigenvalue weighted by molar-refractivity contribution is 0.105. The highest BCUT2D eigenvalue weighted by Gasteiger charge is 2.07. The Morgan fingerprint density at radius 1 is 1.35 bits per heavy atom. The van der Waals surface area contributed by atoms with E-state index in [2.05, 4.69) is 5.32 Å². The molecule has 0 aromatic heterocycles. The summed E-state index contributed by atoms with van der Waals surface area (Å²) in [6.45, 7) is 0.930. The number of aliphatic hydroxyl groups is 2. The monoisotopic (exact) mass is 279 g/mol. The van der Waals surface area contributed by atoms with E-state index >= 15 is 0 Å². The summed E-state index contributed by atoms with van der Waals surface area (Å²) in [6, 6.07) is 4.89. The maximum absolute atomic E-state index is 9.55. The van der Waals surface area contributed by atoms with Gasteiger partial charge in [0.15, 0.2) is 0 Å². The summed E-state index contributed by atoms with van der Waals surface area (Å²) < 4.78 is 5.34. The molecule has 4 nitrogen and oxygen atoms in total. The molecule has 0 amide bonds. The molecule has 1 unspecified atom stereocenters. The van der Waals surface area contributed by atoms with E-state index in [9.17, 15) is 5.11 Å². The highest BCUT2D eigenvalue weighted by Crippen LogP contribution is 2.27. The highest BCUT2D eigenvalue weighted by molar-refractivity contribution is 6.34. The van der Waals surface area contributed by atoms with E-state index in [-0.39, 0.29) is 13.2 Å². The summed E-state index contributed by atoms with van der Waals surface area (Å²) in [4.78, 5) is 0. The van der Waals surface area contributed by atoms with E-state index in [1.54, 1.807) is 18.2 Å². The van der Waals surface area contributed by atoms with Gasteiger partial charge in [0.2, 0.25) is 0 Å². The van der Waals surface area contributed by atoms with E-state index in [4.69, 9.17) is 33.0 Å². The Morgan fingerprint density at radius 3 is 2.82 bits per heavy atom. The molecule has 1 aromatic rings. The van der Waals surface area contributed by atoms with Crippen LogP contribution in [0.2, 0.25) is 10.0 Å². The number of hydrogen-bond acceptors (Lipinski definition) is 4. The van der Waals surface area contributed by atoms with Gasteiger partial charge in [-0.3, -0.25) is 0 Å². The molecule has 0 fully saturated rings. The quantitative estimate of drug-likeness (QED) is 0.659. The van der Waals surface area contributed by atoms with E-state index in [0.717, 1.165) is 0 Å². The van der Waals surface area contributed by atoms with Crippen LogP contribution >= 0.6 is 23.2 Å². The van der Waals surface area contributed by atoms with Crippen LogP contribution in [0.4, 0.5) is 0 Å². The van der Waals surface area contributed by atoms with Crippen LogP contribution in [0, 0.1) is 0 Å². The zero-order valence-corrected chi connectivity index (χ0v) is 10.7. The van der Waals surface area contributed by atoms with Gasteiger partial charge in [-0.15, -0.1) is 0 Å². The Morgan fingerprint density at radius 2 is 2.12 bits per heavy atom. The molecule has 96 valence electrons. The number of nitrogens with one attached hydrogen (secondary N) is 1. The van der Waals surface area contributed by atoms with Crippen molar-refractivity contribution in [3.05, 3.63) is 28.2 Å². The van der Waals surface area contributed by atoms with Crippen molar-refractivity contribution in [2.45, 2.75) is 6.10 Å². The molecule has 1 rings (SSSR count). The maximum atomic E-state index is 9.55. The van der Waals surface area contributed by atoms with Crippen molar-refractivity contribution >= 4 is 23.2 Å². The predicted octanol–water partition coefficient (Wildman–Crippen LogP) is 1.32. The molecule has 6 heteroatoms. The highest BCUT2D eigenvalue weighted by atomic mass is 35.5. The maximum Gasteiger partial charge on any atom is 0.139 e. The van der Waals surface area contributed by atoms with E-state index in [1.165, 1.54) is 0 Å². The Labute approximate surface area is 110 Å². The molecule has 0 bridgehead atoms. The van der Waals surface area contributed by atoms with Gasteiger partial charge in [-0.25, -0.2) is 0 Å². The fourth-order valence-electron chi connectivity index (χ4n) is 1.18. The number of ether oxygens (including phenoxy) is 1. The molecule has 0 radical (unpaired) electrons. The van der Waals surface area contributed by atoms with Gasteiger partial charge in [-0.1, -0.05) is 23.2 Å². The number of hydrogen-bond donors (Lipinski definition) is 3. The molecule has 0 saturated carbocycles. The Hall–Kier alpha value is -0.520. The summed E-state index contributed by atoms with van der Waals surface area (Å²) in [5.74, 6) is 0.445. The molecule has 0 heterocycles. The van der Waals surface area contributed by atoms with Gasteiger partial charge in [0.25, 0.3) is 0 Å². The Kier molecular flexibility index (Phi) is 6.62. The van der Waals surface area contributed by atoms with Crippen LogP contribution in [0.15, 0.2) is 18.2 Å². The lowest BCUT2D eigenvalue weighted by atomic mass is 10.3. The second kappa shape index (κ2) is 7.74. The van der Waals surface area contributed by atoms with E-state index < -0.39 is 6.10 Å². The van der Waals surface area contributed by atoms with Crippen molar-refractivity contribution in [3.8, 4) is 5.75 Å². The van der Waals surface area contributed by atoms with Crippen molar-refractivity contribution < 1.29 is 14.9 Å². The van der Waals surface area contributed by atoms with Gasteiger partial charge in [-0.2, -0.15) is 0 Å². The number of halogens is 2. The minimum atomic E-state index is -0.670. The van der Waals surface area contributed by atoms with Gasteiger partial charge in [-0.05, 0) is 12.1 Å². The second-order valence-corrected chi connectivity index (χ2v) is 4.31. The average molecular weight is 280 g/mol. The van der Waals surface area contributed by atoms with Crippen molar-refractivity contribution in [1.29, 1.82) is 0 Å². The van der Waals surface area contributed by atoms with Gasteiger partial charge < -0.3 is 20.3 Å². The fraction of sp³-hybridized carbons (Fsp3) is 0.455. The lowest BCUT2D eigenvalue weighted by Gasteiger charge is -2.13. The third-order valence-electron chi connectivity index (χ3n) is 1.99. The fourth-order valence-corrected chi connectivity index (χ4v) is 1.51. The van der Waals surface area contributed by atoms with E-state index in [0.29, 0.717) is 28.9 Å². The number of benzene rings is 1. The molecular formula is C11H15Cl2NO3. The molecule has 0 aliphatic carbocycles. The smallest absolute Gasteiger partial charge is 0.139 e. The molecular weight excluding hydrogens is 265 g/mol. The summed E-state index contributed by atoms with van der Waals surface area (Å²) in [7, 11) is 0. The SMILES string of the molecule is OCCNCC(O)COc1cc(Cl)ccc1Cl. The first kappa shape index (κ1) is 14.5.